The molecule has 0 N–H and O–H groups in total. The molecule has 1 aromatic rings. The molecule has 0 heterocycles. The Morgan fingerprint density at radius 3 is 1.76 bits per heavy atom. The summed E-state index contributed by atoms with van der Waals surface area (Å²) in [4.78, 5) is 0. The summed E-state index contributed by atoms with van der Waals surface area (Å²) in [5.41, 5.74) is 0.901. The quantitative estimate of drug-likeness (QED) is 0.571. The third-order valence-corrected chi connectivity index (χ3v) is 1.31. The zero-order valence-electron chi connectivity index (χ0n) is 9.15. The smallest absolute Gasteiger partial charge is 0 e. The van der Waals surface area contributed by atoms with Crippen LogP contribution in [-0.4, -0.2) is 7.11 Å². The third-order valence-electron chi connectivity index (χ3n) is 1.31. The molecule has 0 spiro atoms. The van der Waals surface area contributed by atoms with Gasteiger partial charge in [0.2, 0.25) is 0 Å². The Balaban J connectivity index is -0.000000106. The van der Waals surface area contributed by atoms with Crippen LogP contribution in [0.3, 0.4) is 0 Å². The summed E-state index contributed by atoms with van der Waals surface area (Å²) in [7, 11) is 1.45. The van der Waals surface area contributed by atoms with E-state index in [-0.39, 0.29) is 23.2 Å². The van der Waals surface area contributed by atoms with Crippen molar-refractivity contribution in [3.63, 3.8) is 0 Å². The largest absolute Gasteiger partial charge is 0 e. The van der Waals surface area contributed by atoms with Crippen LogP contribution in [-0.2, 0) is 31.3 Å². The number of aryl methyl sites for hydroxylation is 1. The van der Waals surface area contributed by atoms with Crippen LogP contribution in [0.5, 0.6) is 5.75 Å². The van der Waals surface area contributed by atoms with Crippen LogP contribution in [0.25, 0.3) is 0 Å². The minimum Gasteiger partial charge on any atom is 0 e. The van der Waals surface area contributed by atoms with Crippen molar-refractivity contribution in [2.75, 3.05) is 7.11 Å². The molecule has 90 valence electrons. The van der Waals surface area contributed by atoms with Crippen molar-refractivity contribution in [1.82, 2.24) is 0 Å². The molecular weight excluding hydrogens is 267 g/mol. The second kappa shape index (κ2) is 20.2. The second-order valence-corrected chi connectivity index (χ2v) is 2.14. The Morgan fingerprint density at radius 1 is 1.06 bits per heavy atom. The average Bonchev–Trinajstić information content (AvgIpc) is 2.37. The van der Waals surface area contributed by atoms with E-state index in [1.54, 1.807) is 6.07 Å². The molecule has 0 bridgehead atoms. The maximum atomic E-state index is 12.7. The number of benzene rings is 1. The van der Waals surface area contributed by atoms with Crippen LogP contribution in [0.1, 0.15) is 5.56 Å². The fourth-order valence-corrected chi connectivity index (χ4v) is 0.771. The number of ether oxygens (including phenoxy) is 1. The molecule has 0 aliphatic rings. The van der Waals surface area contributed by atoms with Crippen molar-refractivity contribution < 1.29 is 40.4 Å². The predicted octanol–water partition coefficient (Wildman–Crippen LogP) is 2.03. The molecule has 0 radical (unpaired) electrons. The summed E-state index contributed by atoms with van der Waals surface area (Å²) in [6.45, 7) is 15.3. The van der Waals surface area contributed by atoms with Crippen LogP contribution in [0, 0.1) is 32.7 Å². The molecule has 1 rings (SSSR count). The van der Waals surface area contributed by atoms with Gasteiger partial charge in [0.1, 0.15) is 0 Å². The van der Waals surface area contributed by atoms with Crippen LogP contribution in [0.2, 0.25) is 0 Å². The van der Waals surface area contributed by atoms with Crippen LogP contribution < -0.4 is 4.74 Å². The molecule has 4 nitrogen and oxygen atoms in total. The molecule has 1 aromatic carbocycles. The Hall–Kier alpha value is -1.30. The minimum atomic E-state index is -0.303. The first-order chi connectivity index (χ1) is 7.74. The zero-order chi connectivity index (χ0) is 13.6. The summed E-state index contributed by atoms with van der Waals surface area (Å²) in [5, 5.41) is 0. The van der Waals surface area contributed by atoms with Gasteiger partial charge in [-0.3, -0.25) is 0 Å². The van der Waals surface area contributed by atoms with E-state index in [1.165, 1.54) is 13.2 Å². The van der Waals surface area contributed by atoms with E-state index in [0.717, 1.165) is 5.56 Å². The van der Waals surface area contributed by atoms with E-state index in [9.17, 15) is 4.39 Å². The van der Waals surface area contributed by atoms with Gasteiger partial charge in [-0.1, -0.05) is 6.07 Å². The molecule has 0 saturated carbocycles. The van der Waals surface area contributed by atoms with Crippen molar-refractivity contribution >= 4 is 0 Å². The van der Waals surface area contributed by atoms with E-state index in [0.29, 0.717) is 5.75 Å². The van der Waals surface area contributed by atoms with Gasteiger partial charge in [0.25, 0.3) is 0 Å². The molecule has 6 heteroatoms. The molecule has 0 aliphatic heterocycles. The second-order valence-electron chi connectivity index (χ2n) is 2.14. The number of hydrogen-bond donors (Lipinski definition) is 0. The minimum absolute atomic E-state index is 0. The number of rotatable bonds is 1. The normalized spacial score (nSPS) is 5.94. The van der Waals surface area contributed by atoms with E-state index >= 15 is 0 Å². The van der Waals surface area contributed by atoms with Gasteiger partial charge in [0.05, 0.1) is 7.11 Å². The molecule has 0 saturated heterocycles. The van der Waals surface area contributed by atoms with E-state index in [1.807, 2.05) is 13.0 Å². The zero-order valence-corrected chi connectivity index (χ0v) is 10.4. The van der Waals surface area contributed by atoms with Gasteiger partial charge in [0, 0.05) is 17.4 Å². The maximum absolute atomic E-state index is 12.7. The molecule has 0 fully saturated rings. The predicted molar refractivity (Wildman–Crippen MR) is 49.5 cm³/mol. The van der Waals surface area contributed by atoms with Gasteiger partial charge in [0.15, 0.2) is 11.6 Å². The molecule has 0 unspecified atom stereocenters. The van der Waals surface area contributed by atoms with Crippen molar-refractivity contribution in [3.8, 4) is 5.75 Å². The molecule has 0 atom stereocenters. The van der Waals surface area contributed by atoms with Gasteiger partial charge < -0.3 is 4.74 Å². The van der Waals surface area contributed by atoms with Crippen molar-refractivity contribution in [2.24, 2.45) is 0 Å². The summed E-state index contributed by atoms with van der Waals surface area (Å²) < 4.78 is 40.0. The summed E-state index contributed by atoms with van der Waals surface area (Å²) in [5.74, 6) is -0.00639. The van der Waals surface area contributed by atoms with E-state index in [4.69, 9.17) is 18.7 Å². The van der Waals surface area contributed by atoms with Gasteiger partial charge in [-0.25, -0.2) is 4.39 Å². The number of hydrogen-bond acceptors (Lipinski definition) is 1. The third kappa shape index (κ3) is 12.6. The van der Waals surface area contributed by atoms with Crippen molar-refractivity contribution in [3.05, 3.63) is 49.5 Å². The monoisotopic (exact) mass is 276 g/mol. The molecular formula is C11H9CrFO4. The molecule has 0 amide bonds. The van der Waals surface area contributed by atoms with Crippen LogP contribution in [0.4, 0.5) is 4.39 Å². The fourth-order valence-electron chi connectivity index (χ4n) is 0.771. The van der Waals surface area contributed by atoms with E-state index < -0.39 is 0 Å². The van der Waals surface area contributed by atoms with Gasteiger partial charge in [-0.2, -0.15) is 0 Å². The molecule has 0 aromatic heterocycles. The SMILES string of the molecule is COc1ccc(C)cc1F.[C-]#[O+].[C-]#[O+].[C-]#[O+].[Cr]. The van der Waals surface area contributed by atoms with E-state index in [2.05, 4.69) is 20.0 Å². The Bertz CT molecular complexity index is 333. The standard InChI is InChI=1S/C8H9FO.3CO.Cr/c1-6-3-4-8(10-2)7(9)5-6;3*1-2;/h3-5H,1-2H3;;;;. The number of halogens is 1. The average molecular weight is 276 g/mol. The van der Waals surface area contributed by atoms with Crippen LogP contribution >= 0.6 is 0 Å². The summed E-state index contributed by atoms with van der Waals surface area (Å²) in [6, 6.07) is 4.87. The maximum Gasteiger partial charge on any atom is 0 e. The summed E-state index contributed by atoms with van der Waals surface area (Å²) >= 11 is 0. The van der Waals surface area contributed by atoms with Gasteiger partial charge in [-0.05, 0) is 24.6 Å². The van der Waals surface area contributed by atoms with Gasteiger partial charge in [-0.15, -0.1) is 0 Å². The Kier molecular flexibility index (Phi) is 29.4. The molecule has 17 heavy (non-hydrogen) atoms. The van der Waals surface area contributed by atoms with Crippen molar-refractivity contribution in [1.29, 1.82) is 0 Å². The summed E-state index contributed by atoms with van der Waals surface area (Å²) in [6.07, 6.45) is 0. The topological polar surface area (TPSA) is 68.9 Å². The van der Waals surface area contributed by atoms with Gasteiger partial charge >= 0.3 is 33.9 Å². The Labute approximate surface area is 110 Å². The first-order valence-corrected chi connectivity index (χ1v) is 3.65. The first-order valence-electron chi connectivity index (χ1n) is 3.65. The molecule has 0 aliphatic carbocycles. The first kappa shape index (κ1) is 24.8. The van der Waals surface area contributed by atoms with Crippen LogP contribution in [0.15, 0.2) is 18.2 Å². The Morgan fingerprint density at radius 2 is 1.47 bits per heavy atom. The number of methoxy groups -OCH3 is 1. The van der Waals surface area contributed by atoms with Crippen molar-refractivity contribution in [2.45, 2.75) is 6.92 Å². The fraction of sp³-hybridized carbons (Fsp3) is 0.182.